The Hall–Kier alpha value is -4.17. The van der Waals surface area contributed by atoms with Crippen LogP contribution in [0, 0.1) is 3.57 Å². The Morgan fingerprint density at radius 3 is 2.65 bits per heavy atom. The van der Waals surface area contributed by atoms with Gasteiger partial charge < -0.3 is 14.8 Å². The second-order valence-corrected chi connectivity index (χ2v) is 11.3. The molecule has 0 radical (unpaired) electrons. The van der Waals surface area contributed by atoms with Crippen LogP contribution in [0.1, 0.15) is 22.4 Å². The van der Waals surface area contributed by atoms with E-state index in [0.717, 1.165) is 32.0 Å². The maximum atomic E-state index is 13.0. The molecule has 220 valence electrons. The van der Waals surface area contributed by atoms with Gasteiger partial charge in [-0.3, -0.25) is 4.79 Å². The summed E-state index contributed by atoms with van der Waals surface area (Å²) in [6.07, 6.45) is -3.00. The van der Waals surface area contributed by atoms with Crippen molar-refractivity contribution < 1.29 is 27.4 Å². The molecule has 1 amide bonds. The molecule has 1 aromatic heterocycles. The minimum absolute atomic E-state index is 0.0550. The summed E-state index contributed by atoms with van der Waals surface area (Å²) in [5.41, 5.74) is 4.14. The molecule has 12 heteroatoms. The van der Waals surface area contributed by atoms with E-state index in [1.54, 1.807) is 18.6 Å². The SMILES string of the molecule is COc1cc(/C=N\NC(=O)Cc2csc(Nc3cccc(C(F)(F)F)c3)n2)cc(I)c1OCc1ccc2ccccc2c1. The van der Waals surface area contributed by atoms with Gasteiger partial charge in [0.25, 0.3) is 0 Å². The van der Waals surface area contributed by atoms with Crippen LogP contribution in [0.25, 0.3) is 10.8 Å². The van der Waals surface area contributed by atoms with Crippen molar-refractivity contribution in [2.75, 3.05) is 12.4 Å². The van der Waals surface area contributed by atoms with E-state index in [1.165, 1.54) is 29.7 Å². The zero-order chi connectivity index (χ0) is 30.4. The number of rotatable bonds is 10. The molecule has 5 aromatic rings. The van der Waals surface area contributed by atoms with E-state index < -0.39 is 17.6 Å². The Balaban J connectivity index is 1.16. The van der Waals surface area contributed by atoms with Gasteiger partial charge in [-0.05, 0) is 80.9 Å². The minimum atomic E-state index is -4.44. The number of carbonyl (C=O) groups excluding carboxylic acids is 1. The third-order valence-electron chi connectivity index (χ3n) is 6.19. The molecule has 0 aliphatic rings. The van der Waals surface area contributed by atoms with Crippen LogP contribution < -0.4 is 20.2 Å². The number of alkyl halides is 3. The third-order valence-corrected chi connectivity index (χ3v) is 7.79. The lowest BCUT2D eigenvalue weighted by Crippen LogP contribution is -2.20. The number of amides is 1. The van der Waals surface area contributed by atoms with Gasteiger partial charge in [-0.2, -0.15) is 18.3 Å². The fourth-order valence-electron chi connectivity index (χ4n) is 4.16. The van der Waals surface area contributed by atoms with E-state index in [9.17, 15) is 18.0 Å². The molecule has 0 atom stereocenters. The number of hydrogen-bond donors (Lipinski definition) is 2. The molecule has 0 unspecified atom stereocenters. The van der Waals surface area contributed by atoms with E-state index in [1.807, 2.05) is 24.3 Å². The number of fused-ring (bicyclic) bond motifs is 1. The van der Waals surface area contributed by atoms with Gasteiger partial charge in [-0.1, -0.05) is 42.5 Å². The first-order valence-corrected chi connectivity index (χ1v) is 14.8. The highest BCUT2D eigenvalue weighted by Crippen LogP contribution is 2.35. The molecule has 0 aliphatic heterocycles. The van der Waals surface area contributed by atoms with Gasteiger partial charge in [0.1, 0.15) is 6.61 Å². The highest BCUT2D eigenvalue weighted by molar-refractivity contribution is 14.1. The molecule has 0 bridgehead atoms. The molecule has 2 N–H and O–H groups in total. The van der Waals surface area contributed by atoms with E-state index in [0.29, 0.717) is 34.5 Å². The normalized spacial score (nSPS) is 11.6. The van der Waals surface area contributed by atoms with Crippen LogP contribution in [0.2, 0.25) is 0 Å². The Labute approximate surface area is 262 Å². The quantitative estimate of drug-likeness (QED) is 0.0872. The minimum Gasteiger partial charge on any atom is -0.493 e. The largest absolute Gasteiger partial charge is 0.493 e. The molecule has 7 nitrogen and oxygen atoms in total. The van der Waals surface area contributed by atoms with Crippen molar-refractivity contribution in [3.63, 3.8) is 0 Å². The van der Waals surface area contributed by atoms with Crippen molar-refractivity contribution in [1.82, 2.24) is 10.4 Å². The average molecular weight is 717 g/mol. The number of nitrogens with zero attached hydrogens (tertiary/aromatic N) is 2. The van der Waals surface area contributed by atoms with Gasteiger partial charge in [-0.25, -0.2) is 10.4 Å². The van der Waals surface area contributed by atoms with Crippen LogP contribution in [0.4, 0.5) is 24.0 Å². The monoisotopic (exact) mass is 716 g/mol. The number of thiazole rings is 1. The van der Waals surface area contributed by atoms with Crippen LogP contribution in [-0.2, 0) is 24.0 Å². The van der Waals surface area contributed by atoms with Crippen LogP contribution in [0.5, 0.6) is 11.5 Å². The van der Waals surface area contributed by atoms with Crippen LogP contribution in [-0.4, -0.2) is 24.2 Å². The van der Waals surface area contributed by atoms with Gasteiger partial charge >= 0.3 is 6.18 Å². The summed E-state index contributed by atoms with van der Waals surface area (Å²) in [5, 5.41) is 11.2. The first kappa shape index (κ1) is 30.3. The number of nitrogens with one attached hydrogen (secondary N) is 2. The molecule has 0 saturated heterocycles. The number of carbonyl (C=O) groups is 1. The first-order valence-electron chi connectivity index (χ1n) is 12.9. The number of benzene rings is 4. The Morgan fingerprint density at radius 2 is 1.86 bits per heavy atom. The van der Waals surface area contributed by atoms with Crippen LogP contribution in [0.3, 0.4) is 0 Å². The number of halogens is 4. The summed E-state index contributed by atoms with van der Waals surface area (Å²) in [4.78, 5) is 16.7. The highest BCUT2D eigenvalue weighted by atomic mass is 127. The molecule has 4 aromatic carbocycles. The number of aromatic nitrogens is 1. The van der Waals surface area contributed by atoms with Crippen LogP contribution >= 0.6 is 33.9 Å². The summed E-state index contributed by atoms with van der Waals surface area (Å²) in [6, 6.07) is 22.8. The van der Waals surface area contributed by atoms with Gasteiger partial charge in [-0.15, -0.1) is 11.3 Å². The molecule has 0 spiro atoms. The number of hydrazone groups is 1. The van der Waals surface area contributed by atoms with E-state index in [-0.39, 0.29) is 12.1 Å². The first-order chi connectivity index (χ1) is 20.7. The maximum Gasteiger partial charge on any atom is 0.416 e. The van der Waals surface area contributed by atoms with Crippen molar-refractivity contribution in [3.05, 3.63) is 110 Å². The summed E-state index contributed by atoms with van der Waals surface area (Å²) in [6.45, 7) is 0.370. The number of hydrogen-bond acceptors (Lipinski definition) is 7. The van der Waals surface area contributed by atoms with Gasteiger partial charge in [0.2, 0.25) is 5.91 Å². The molecular formula is C31H24F3IN4O3S. The summed E-state index contributed by atoms with van der Waals surface area (Å²) >= 11 is 3.35. The Morgan fingerprint density at radius 1 is 1.05 bits per heavy atom. The van der Waals surface area contributed by atoms with Crippen molar-refractivity contribution in [2.24, 2.45) is 5.10 Å². The van der Waals surface area contributed by atoms with E-state index in [2.05, 4.69) is 67.7 Å². The van der Waals surface area contributed by atoms with E-state index in [4.69, 9.17) is 9.47 Å². The van der Waals surface area contributed by atoms with E-state index >= 15 is 0 Å². The standard InChI is InChI=1S/C31H24F3IN4O3S/c1-41-27-13-20(12-26(35)29(27)42-17-19-9-10-21-5-2-3-6-22(21)11-19)16-36-39-28(40)15-25-18-43-30(38-25)37-24-8-4-7-23(14-24)31(32,33)34/h2-14,16,18H,15,17H2,1H3,(H,37,38)(H,39,40)/b36-16-. The maximum absolute atomic E-state index is 13.0. The van der Waals surface area contributed by atoms with Gasteiger partial charge in [0.05, 0.1) is 34.6 Å². The number of anilines is 2. The summed E-state index contributed by atoms with van der Waals surface area (Å²) in [7, 11) is 1.56. The van der Waals surface area contributed by atoms with Gasteiger partial charge in [0, 0.05) is 11.1 Å². The summed E-state index contributed by atoms with van der Waals surface area (Å²) in [5.74, 6) is 0.739. The highest BCUT2D eigenvalue weighted by Gasteiger charge is 2.30. The van der Waals surface area contributed by atoms with Crippen molar-refractivity contribution in [1.29, 1.82) is 0 Å². The number of methoxy groups -OCH3 is 1. The van der Waals surface area contributed by atoms with Gasteiger partial charge in [0.15, 0.2) is 16.6 Å². The molecule has 43 heavy (non-hydrogen) atoms. The van der Waals surface area contributed by atoms with Crippen LogP contribution in [0.15, 0.2) is 89.3 Å². The second-order valence-electron chi connectivity index (χ2n) is 9.32. The average Bonchev–Trinajstić information content (AvgIpc) is 3.42. The predicted octanol–water partition coefficient (Wildman–Crippen LogP) is 7.94. The fourth-order valence-corrected chi connectivity index (χ4v) is 5.68. The third kappa shape index (κ3) is 8.02. The van der Waals surface area contributed by atoms with Crippen molar-refractivity contribution in [3.8, 4) is 11.5 Å². The zero-order valence-corrected chi connectivity index (χ0v) is 25.6. The molecule has 0 saturated carbocycles. The lowest BCUT2D eigenvalue weighted by molar-refractivity contribution is -0.137. The Bertz CT molecular complexity index is 1790. The molecular weight excluding hydrogens is 692 g/mol. The predicted molar refractivity (Wildman–Crippen MR) is 170 cm³/mol. The lowest BCUT2D eigenvalue weighted by atomic mass is 10.1. The second kappa shape index (κ2) is 13.4. The number of ether oxygens (including phenoxy) is 2. The molecule has 5 rings (SSSR count). The molecule has 0 aliphatic carbocycles. The Kier molecular flexibility index (Phi) is 9.46. The topological polar surface area (TPSA) is 84.8 Å². The molecule has 1 heterocycles. The van der Waals surface area contributed by atoms with Crippen molar-refractivity contribution in [2.45, 2.75) is 19.2 Å². The smallest absolute Gasteiger partial charge is 0.416 e. The zero-order valence-electron chi connectivity index (χ0n) is 22.6. The summed E-state index contributed by atoms with van der Waals surface area (Å²) < 4.78 is 51.4. The lowest BCUT2D eigenvalue weighted by Gasteiger charge is -2.14. The molecule has 0 fully saturated rings. The van der Waals surface area contributed by atoms with Crippen molar-refractivity contribution >= 4 is 67.6 Å². The fraction of sp³-hybridized carbons (Fsp3) is 0.129.